The van der Waals surface area contributed by atoms with Crippen molar-refractivity contribution in [1.82, 2.24) is 15.1 Å². The Bertz CT molecular complexity index is 279. The average Bonchev–Trinajstić information content (AvgIpc) is 2.35. The highest BCUT2D eigenvalue weighted by atomic mass is 16.2. The van der Waals surface area contributed by atoms with Gasteiger partial charge < -0.3 is 4.90 Å². The van der Waals surface area contributed by atoms with Gasteiger partial charge in [-0.15, -0.1) is 0 Å². The summed E-state index contributed by atoms with van der Waals surface area (Å²) >= 11 is 0. The zero-order valence-electron chi connectivity index (χ0n) is 7.38. The smallest absolute Gasteiger partial charge is 0.322 e. The lowest BCUT2D eigenvalue weighted by Gasteiger charge is -2.09. The van der Waals surface area contributed by atoms with Crippen molar-refractivity contribution < 1.29 is 4.79 Å². The molecule has 0 saturated heterocycles. The number of nitrogens with zero attached hydrogens (tertiary/aromatic N) is 2. The maximum atomic E-state index is 11.1. The van der Waals surface area contributed by atoms with Gasteiger partial charge in [0.25, 0.3) is 0 Å². The van der Waals surface area contributed by atoms with Gasteiger partial charge in [0.05, 0.1) is 0 Å². The highest BCUT2D eigenvalue weighted by Gasteiger charge is 2.04. The van der Waals surface area contributed by atoms with Crippen LogP contribution in [0.3, 0.4) is 0 Å². The Hall–Kier alpha value is -1.52. The molecule has 0 spiro atoms. The first kappa shape index (κ1) is 8.58. The minimum Gasteiger partial charge on any atom is -0.331 e. The molecule has 1 rings (SSSR count). The van der Waals surface area contributed by atoms with Gasteiger partial charge >= 0.3 is 6.03 Å². The third kappa shape index (κ3) is 1.98. The number of aromatic amines is 1. The number of nitrogens with one attached hydrogen (secondary N) is 2. The Kier molecular flexibility index (Phi) is 2.32. The molecular weight excluding hydrogens is 156 g/mol. The first-order chi connectivity index (χ1) is 5.59. The maximum absolute atomic E-state index is 11.1. The Labute approximate surface area is 70.8 Å². The number of carbonyl (C=O) groups excluding carboxylic acids is 1. The van der Waals surface area contributed by atoms with E-state index in [9.17, 15) is 4.79 Å². The molecule has 0 aliphatic heterocycles. The summed E-state index contributed by atoms with van der Waals surface area (Å²) in [5.41, 5.74) is 0.920. The van der Waals surface area contributed by atoms with Crippen LogP contribution in [-0.2, 0) is 0 Å². The molecule has 0 aliphatic carbocycles. The summed E-state index contributed by atoms with van der Waals surface area (Å²) < 4.78 is 0. The summed E-state index contributed by atoms with van der Waals surface area (Å²) in [5, 5.41) is 9.19. The monoisotopic (exact) mass is 168 g/mol. The SMILES string of the molecule is Cc1cc(NC(=O)N(C)C)n[nH]1. The van der Waals surface area contributed by atoms with Crippen LogP contribution < -0.4 is 5.32 Å². The molecule has 0 aliphatic rings. The van der Waals surface area contributed by atoms with Crippen molar-refractivity contribution in [3.8, 4) is 0 Å². The number of aromatic nitrogens is 2. The molecule has 12 heavy (non-hydrogen) atoms. The molecule has 5 heteroatoms. The van der Waals surface area contributed by atoms with E-state index in [4.69, 9.17) is 0 Å². The van der Waals surface area contributed by atoms with Crippen LogP contribution in [0.4, 0.5) is 10.6 Å². The van der Waals surface area contributed by atoms with Crippen LogP contribution in [0.1, 0.15) is 5.69 Å². The normalized spacial score (nSPS) is 9.58. The van der Waals surface area contributed by atoms with Gasteiger partial charge in [0, 0.05) is 25.9 Å². The quantitative estimate of drug-likeness (QED) is 0.652. The highest BCUT2D eigenvalue weighted by molar-refractivity contribution is 5.87. The molecule has 0 bridgehead atoms. The van der Waals surface area contributed by atoms with Crippen LogP contribution in [0, 0.1) is 6.92 Å². The number of urea groups is 1. The van der Waals surface area contributed by atoms with E-state index in [1.54, 1.807) is 20.2 Å². The van der Waals surface area contributed by atoms with Crippen LogP contribution in [0.2, 0.25) is 0 Å². The number of hydrogen-bond acceptors (Lipinski definition) is 2. The van der Waals surface area contributed by atoms with Crippen molar-refractivity contribution in [3.05, 3.63) is 11.8 Å². The van der Waals surface area contributed by atoms with E-state index in [0.717, 1.165) is 5.69 Å². The first-order valence-electron chi connectivity index (χ1n) is 3.60. The Morgan fingerprint density at radius 1 is 1.67 bits per heavy atom. The summed E-state index contributed by atoms with van der Waals surface area (Å²) in [5.74, 6) is 0.547. The van der Waals surface area contributed by atoms with Crippen molar-refractivity contribution in [2.45, 2.75) is 6.92 Å². The molecular formula is C7H12N4O. The first-order valence-corrected chi connectivity index (χ1v) is 3.60. The van der Waals surface area contributed by atoms with Crippen LogP contribution in [0.5, 0.6) is 0 Å². The highest BCUT2D eigenvalue weighted by Crippen LogP contribution is 2.03. The number of anilines is 1. The molecule has 0 fully saturated rings. The zero-order chi connectivity index (χ0) is 9.14. The fourth-order valence-corrected chi connectivity index (χ4v) is 0.703. The fourth-order valence-electron chi connectivity index (χ4n) is 0.703. The molecule has 5 nitrogen and oxygen atoms in total. The average molecular weight is 168 g/mol. The van der Waals surface area contributed by atoms with Crippen LogP contribution >= 0.6 is 0 Å². The number of rotatable bonds is 1. The lowest BCUT2D eigenvalue weighted by molar-refractivity contribution is 0.230. The largest absolute Gasteiger partial charge is 0.331 e. The number of aryl methyl sites for hydroxylation is 1. The van der Waals surface area contributed by atoms with E-state index in [0.29, 0.717) is 5.82 Å². The third-order valence-electron chi connectivity index (χ3n) is 1.35. The van der Waals surface area contributed by atoms with Crippen molar-refractivity contribution in [1.29, 1.82) is 0 Å². The number of carbonyl (C=O) groups is 1. The van der Waals surface area contributed by atoms with E-state index < -0.39 is 0 Å². The van der Waals surface area contributed by atoms with Gasteiger partial charge in [-0.2, -0.15) is 5.10 Å². The summed E-state index contributed by atoms with van der Waals surface area (Å²) in [6, 6.07) is 1.59. The molecule has 0 atom stereocenters. The molecule has 0 radical (unpaired) electrons. The van der Waals surface area contributed by atoms with Crippen molar-refractivity contribution in [2.75, 3.05) is 19.4 Å². The Balaban J connectivity index is 2.58. The van der Waals surface area contributed by atoms with Gasteiger partial charge in [0.15, 0.2) is 5.82 Å². The summed E-state index contributed by atoms with van der Waals surface area (Å²) in [7, 11) is 3.35. The maximum Gasteiger partial charge on any atom is 0.322 e. The molecule has 66 valence electrons. The molecule has 0 unspecified atom stereocenters. The Morgan fingerprint density at radius 2 is 2.33 bits per heavy atom. The van der Waals surface area contributed by atoms with Crippen molar-refractivity contribution in [2.24, 2.45) is 0 Å². The zero-order valence-corrected chi connectivity index (χ0v) is 7.38. The van der Waals surface area contributed by atoms with E-state index >= 15 is 0 Å². The third-order valence-corrected chi connectivity index (χ3v) is 1.35. The van der Waals surface area contributed by atoms with Gasteiger partial charge in [0.2, 0.25) is 0 Å². The molecule has 2 amide bonds. The van der Waals surface area contributed by atoms with E-state index in [2.05, 4.69) is 15.5 Å². The van der Waals surface area contributed by atoms with E-state index in [1.165, 1.54) is 4.90 Å². The molecule has 2 N–H and O–H groups in total. The molecule has 1 heterocycles. The van der Waals surface area contributed by atoms with Crippen LogP contribution in [0.15, 0.2) is 6.07 Å². The lowest BCUT2D eigenvalue weighted by atomic mass is 10.5. The van der Waals surface area contributed by atoms with Crippen molar-refractivity contribution >= 4 is 11.8 Å². The second-order valence-electron chi connectivity index (χ2n) is 2.76. The standard InChI is InChI=1S/C7H12N4O/c1-5-4-6(10-9-5)8-7(12)11(2)3/h4H,1-3H3,(H2,8,9,10,12). The molecule has 0 saturated carbocycles. The predicted octanol–water partition coefficient (Wildman–Crippen LogP) is 0.812. The lowest BCUT2D eigenvalue weighted by Crippen LogP contribution is -2.27. The summed E-state index contributed by atoms with van der Waals surface area (Å²) in [4.78, 5) is 12.5. The molecule has 1 aromatic heterocycles. The van der Waals surface area contributed by atoms with Gasteiger partial charge in [-0.1, -0.05) is 0 Å². The van der Waals surface area contributed by atoms with Crippen molar-refractivity contribution in [3.63, 3.8) is 0 Å². The summed E-state index contributed by atoms with van der Waals surface area (Å²) in [6.07, 6.45) is 0. The Morgan fingerprint density at radius 3 is 2.75 bits per heavy atom. The predicted molar refractivity (Wildman–Crippen MR) is 46.0 cm³/mol. The molecule has 0 aromatic carbocycles. The number of H-pyrrole nitrogens is 1. The summed E-state index contributed by atoms with van der Waals surface area (Å²) in [6.45, 7) is 1.87. The number of hydrogen-bond donors (Lipinski definition) is 2. The molecule has 1 aromatic rings. The van der Waals surface area contributed by atoms with Gasteiger partial charge in [0.1, 0.15) is 0 Å². The fraction of sp³-hybridized carbons (Fsp3) is 0.429. The van der Waals surface area contributed by atoms with E-state index in [1.807, 2.05) is 6.92 Å². The second-order valence-corrected chi connectivity index (χ2v) is 2.76. The number of amides is 2. The minimum atomic E-state index is -0.179. The minimum absolute atomic E-state index is 0.179. The van der Waals surface area contributed by atoms with Gasteiger partial charge in [-0.3, -0.25) is 10.4 Å². The topological polar surface area (TPSA) is 61.0 Å². The van der Waals surface area contributed by atoms with E-state index in [-0.39, 0.29) is 6.03 Å². The second kappa shape index (κ2) is 3.25. The van der Waals surface area contributed by atoms with Crippen LogP contribution in [0.25, 0.3) is 0 Å². The van der Waals surface area contributed by atoms with Gasteiger partial charge in [-0.25, -0.2) is 4.79 Å². The van der Waals surface area contributed by atoms with Crippen LogP contribution in [-0.4, -0.2) is 35.2 Å². The van der Waals surface area contributed by atoms with Gasteiger partial charge in [-0.05, 0) is 6.92 Å².